The van der Waals surface area contributed by atoms with Gasteiger partial charge in [0.25, 0.3) is 0 Å². The van der Waals surface area contributed by atoms with E-state index in [1.165, 1.54) is 5.56 Å². The number of aliphatic carboxylic acids is 1. The molecule has 0 spiro atoms. The van der Waals surface area contributed by atoms with Crippen LogP contribution in [-0.4, -0.2) is 17.6 Å². The van der Waals surface area contributed by atoms with Crippen LogP contribution in [0.1, 0.15) is 52.0 Å². The van der Waals surface area contributed by atoms with Gasteiger partial charge in [-0.1, -0.05) is 39.0 Å². The van der Waals surface area contributed by atoms with Crippen molar-refractivity contribution in [1.82, 2.24) is 4.98 Å². The second kappa shape index (κ2) is 11.1. The zero-order valence-corrected chi connectivity index (χ0v) is 22.9. The summed E-state index contributed by atoms with van der Waals surface area (Å²) in [7, 11) is 0. The minimum Gasteiger partial charge on any atom is -0.550 e. The van der Waals surface area contributed by atoms with Crippen molar-refractivity contribution in [3.63, 3.8) is 0 Å². The van der Waals surface area contributed by atoms with Crippen LogP contribution in [0.2, 0.25) is 0 Å². The van der Waals surface area contributed by atoms with Crippen molar-refractivity contribution in [2.45, 2.75) is 51.9 Å². The number of hydrogen-bond donors (Lipinski definition) is 0. The van der Waals surface area contributed by atoms with Crippen molar-refractivity contribution in [2.75, 3.05) is 6.61 Å². The second-order valence-electron chi connectivity index (χ2n) is 9.17. The molecule has 4 aromatic rings. The van der Waals surface area contributed by atoms with Crippen molar-refractivity contribution < 1.29 is 70.4 Å². The van der Waals surface area contributed by atoms with E-state index in [1.54, 1.807) is 0 Å². The molecular weight excluding hydrogens is 441 g/mol. The minimum absolute atomic E-state index is 0. The molecule has 0 bridgehead atoms. The Kier molecular flexibility index (Phi) is 8.75. The maximum absolute atomic E-state index is 10.5. The summed E-state index contributed by atoms with van der Waals surface area (Å²) in [5, 5.41) is 12.6. The molecule has 166 valence electrons. The van der Waals surface area contributed by atoms with Gasteiger partial charge in [0.2, 0.25) is 5.89 Å². The molecule has 0 N–H and O–H groups in total. The van der Waals surface area contributed by atoms with Gasteiger partial charge in [0.15, 0.2) is 5.58 Å². The fourth-order valence-electron chi connectivity index (χ4n) is 3.79. The van der Waals surface area contributed by atoms with Crippen LogP contribution >= 0.6 is 0 Å². The summed E-state index contributed by atoms with van der Waals surface area (Å²) >= 11 is 0. The van der Waals surface area contributed by atoms with E-state index in [2.05, 4.69) is 32.9 Å². The Morgan fingerprint density at radius 1 is 1.03 bits per heavy atom. The fraction of sp³-hybridized carbons (Fsp3) is 0.333. The van der Waals surface area contributed by atoms with Crippen molar-refractivity contribution in [3.8, 4) is 17.2 Å². The number of nitrogens with zero attached hydrogens (tertiary/aromatic N) is 1. The van der Waals surface area contributed by atoms with Gasteiger partial charge in [-0.2, -0.15) is 0 Å². The molecule has 1 heterocycles. The van der Waals surface area contributed by atoms with Gasteiger partial charge in [-0.15, -0.1) is 0 Å². The van der Waals surface area contributed by atoms with Gasteiger partial charge in [0, 0.05) is 11.5 Å². The smallest absolute Gasteiger partial charge is 0.550 e. The standard InChI is InChI=1S/C27H29NO4.K/c1-27(2,3)19-11-14-24-23(17-19)28-26(32-24)22-9-7-8-18-16-20(12-13-21(18)22)31-15-6-4-5-10-25(29)30;/h7-9,11-14,16-17H,4-6,10,15H2,1-3H3,(H,29,30);/q;+1/p-1. The van der Waals surface area contributed by atoms with E-state index in [1.807, 2.05) is 42.5 Å². The van der Waals surface area contributed by atoms with Gasteiger partial charge >= 0.3 is 51.4 Å². The number of hydrogen-bond acceptors (Lipinski definition) is 5. The number of oxazole rings is 1. The second-order valence-corrected chi connectivity index (χ2v) is 9.17. The van der Waals surface area contributed by atoms with Crippen molar-refractivity contribution in [3.05, 3.63) is 60.2 Å². The third kappa shape index (κ3) is 6.46. The van der Waals surface area contributed by atoms with Crippen LogP contribution in [0.4, 0.5) is 0 Å². The Balaban J connectivity index is 0.00000306. The number of carboxylic acids is 1. The molecular formula is C27H28KNO4. The van der Waals surface area contributed by atoms with Crippen LogP contribution in [0.15, 0.2) is 59.0 Å². The molecule has 0 aliphatic heterocycles. The zero-order chi connectivity index (χ0) is 22.7. The summed E-state index contributed by atoms with van der Waals surface area (Å²) in [5.41, 5.74) is 3.87. The van der Waals surface area contributed by atoms with E-state index in [-0.39, 0.29) is 63.2 Å². The Morgan fingerprint density at radius 2 is 1.85 bits per heavy atom. The Labute approximate surface area is 237 Å². The molecule has 6 heteroatoms. The molecule has 3 aromatic carbocycles. The van der Waals surface area contributed by atoms with E-state index >= 15 is 0 Å². The topological polar surface area (TPSA) is 75.4 Å². The molecule has 5 nitrogen and oxygen atoms in total. The molecule has 33 heavy (non-hydrogen) atoms. The predicted octanol–water partition coefficient (Wildman–Crippen LogP) is 2.64. The third-order valence-corrected chi connectivity index (χ3v) is 5.63. The van der Waals surface area contributed by atoms with Crippen molar-refractivity contribution in [1.29, 1.82) is 0 Å². The largest absolute Gasteiger partial charge is 1.00 e. The van der Waals surface area contributed by atoms with Crippen LogP contribution in [0.25, 0.3) is 33.3 Å². The summed E-state index contributed by atoms with van der Waals surface area (Å²) in [6, 6.07) is 18.3. The molecule has 4 rings (SSSR count). The first-order valence-corrected chi connectivity index (χ1v) is 11.1. The molecule has 0 aliphatic carbocycles. The molecule has 0 saturated heterocycles. The first-order chi connectivity index (χ1) is 15.3. The Morgan fingerprint density at radius 3 is 2.61 bits per heavy atom. The quantitative estimate of drug-likeness (QED) is 0.293. The number of carbonyl (C=O) groups excluding carboxylic acids is 1. The van der Waals surface area contributed by atoms with Gasteiger partial charge in [-0.25, -0.2) is 4.98 Å². The predicted molar refractivity (Wildman–Crippen MR) is 125 cm³/mol. The number of benzene rings is 3. The summed E-state index contributed by atoms with van der Waals surface area (Å²) in [6.07, 6.45) is 2.34. The molecule has 0 amide bonds. The maximum atomic E-state index is 10.5. The number of fused-ring (bicyclic) bond motifs is 2. The molecule has 0 radical (unpaired) electrons. The SMILES string of the molecule is CC(C)(C)c1ccc2oc(-c3cccc4cc(OCCCCCC(=O)[O-])ccc34)nc2c1.[K+]. The van der Waals surface area contributed by atoms with Gasteiger partial charge < -0.3 is 19.1 Å². The molecule has 0 aliphatic rings. The maximum Gasteiger partial charge on any atom is 1.00 e. The van der Waals surface area contributed by atoms with Crippen LogP contribution < -0.4 is 61.2 Å². The van der Waals surface area contributed by atoms with Crippen LogP contribution in [0.5, 0.6) is 5.75 Å². The monoisotopic (exact) mass is 469 g/mol. The number of carbonyl (C=O) groups is 1. The average molecular weight is 470 g/mol. The molecule has 0 atom stereocenters. The molecule has 0 fully saturated rings. The number of rotatable bonds is 8. The third-order valence-electron chi connectivity index (χ3n) is 5.63. The zero-order valence-electron chi connectivity index (χ0n) is 19.8. The van der Waals surface area contributed by atoms with Crippen molar-refractivity contribution >= 4 is 27.8 Å². The van der Waals surface area contributed by atoms with E-state index in [4.69, 9.17) is 14.1 Å². The number of ether oxygens (including phenoxy) is 1. The van der Waals surface area contributed by atoms with Crippen LogP contribution in [-0.2, 0) is 10.2 Å². The number of aromatic nitrogens is 1. The Bertz CT molecular complexity index is 1260. The van der Waals surface area contributed by atoms with E-state index in [0.717, 1.165) is 46.0 Å². The first-order valence-electron chi connectivity index (χ1n) is 11.1. The van der Waals surface area contributed by atoms with Gasteiger partial charge in [0.05, 0.1) is 6.61 Å². The summed E-state index contributed by atoms with van der Waals surface area (Å²) in [6.45, 7) is 7.12. The van der Waals surface area contributed by atoms with E-state index in [9.17, 15) is 9.90 Å². The van der Waals surface area contributed by atoms with Gasteiger partial charge in [-0.05, 0) is 83.8 Å². The van der Waals surface area contributed by atoms with Crippen molar-refractivity contribution in [2.24, 2.45) is 0 Å². The van der Waals surface area contributed by atoms with E-state index < -0.39 is 5.97 Å². The molecule has 0 unspecified atom stereocenters. The van der Waals surface area contributed by atoms with Gasteiger partial charge in [-0.3, -0.25) is 0 Å². The summed E-state index contributed by atoms with van der Waals surface area (Å²) in [4.78, 5) is 15.2. The van der Waals surface area contributed by atoms with E-state index in [0.29, 0.717) is 18.9 Å². The van der Waals surface area contributed by atoms with Gasteiger partial charge in [0.1, 0.15) is 11.3 Å². The fourth-order valence-corrected chi connectivity index (χ4v) is 3.79. The number of carboxylic acid groups (broad SMARTS) is 1. The first kappa shape index (κ1) is 25.9. The summed E-state index contributed by atoms with van der Waals surface area (Å²) in [5.74, 6) is 0.407. The molecule has 1 aromatic heterocycles. The summed E-state index contributed by atoms with van der Waals surface area (Å²) < 4.78 is 11.9. The Hall–Kier alpha value is -1.70. The number of unbranched alkanes of at least 4 members (excludes halogenated alkanes) is 2. The molecule has 0 saturated carbocycles. The normalized spacial score (nSPS) is 11.5. The van der Waals surface area contributed by atoms with Crippen LogP contribution in [0.3, 0.4) is 0 Å². The minimum atomic E-state index is -0.996. The average Bonchev–Trinajstić information content (AvgIpc) is 3.18. The van der Waals surface area contributed by atoms with Crippen LogP contribution in [0, 0.1) is 0 Å².